The van der Waals surface area contributed by atoms with Crippen LogP contribution in [0.1, 0.15) is 28.4 Å². The first-order chi connectivity index (χ1) is 13.1. The van der Waals surface area contributed by atoms with Gasteiger partial charge in [-0.2, -0.15) is 4.99 Å². The molecular formula is C20H23N3O3S2. The predicted molar refractivity (Wildman–Crippen MR) is 112 cm³/mol. The zero-order chi connectivity index (χ0) is 20.6. The van der Waals surface area contributed by atoms with Crippen molar-refractivity contribution in [2.24, 2.45) is 4.99 Å². The van der Waals surface area contributed by atoms with Gasteiger partial charge < -0.3 is 4.57 Å². The van der Waals surface area contributed by atoms with Crippen molar-refractivity contribution in [1.82, 2.24) is 8.87 Å². The SMILES string of the molecule is CCn1c(=NC(=O)c2ccc(S(=O)(=O)N(C)C)cc2)sc2cc(C)cc(C)c21. The molecule has 148 valence electrons. The van der Waals surface area contributed by atoms with Crippen LogP contribution in [0.2, 0.25) is 0 Å². The van der Waals surface area contributed by atoms with Gasteiger partial charge in [-0.05, 0) is 62.2 Å². The number of amides is 1. The third-order valence-electron chi connectivity index (χ3n) is 4.51. The molecule has 0 unspecified atom stereocenters. The molecule has 2 aromatic carbocycles. The summed E-state index contributed by atoms with van der Waals surface area (Å²) in [5, 5.41) is 0. The van der Waals surface area contributed by atoms with Crippen LogP contribution in [0.3, 0.4) is 0 Å². The van der Waals surface area contributed by atoms with E-state index in [0.717, 1.165) is 20.1 Å². The molecule has 0 saturated heterocycles. The Hall–Kier alpha value is -2.29. The normalized spacial score (nSPS) is 12.9. The standard InChI is InChI=1S/C20H23N3O3S2/c1-6-23-18-14(3)11-13(2)12-17(18)27-20(23)21-19(24)15-7-9-16(10-8-15)28(25,26)22(4)5/h7-12H,6H2,1-5H3. The van der Waals surface area contributed by atoms with Crippen molar-refractivity contribution in [3.05, 3.63) is 57.9 Å². The molecule has 0 radical (unpaired) electrons. The number of sulfonamides is 1. The summed E-state index contributed by atoms with van der Waals surface area (Å²) >= 11 is 1.48. The van der Waals surface area contributed by atoms with E-state index in [1.807, 2.05) is 18.4 Å². The van der Waals surface area contributed by atoms with Gasteiger partial charge in [-0.3, -0.25) is 4.79 Å². The van der Waals surface area contributed by atoms with Crippen molar-refractivity contribution < 1.29 is 13.2 Å². The number of hydrogen-bond acceptors (Lipinski definition) is 4. The molecule has 0 aliphatic carbocycles. The summed E-state index contributed by atoms with van der Waals surface area (Å²) in [6, 6.07) is 10.1. The number of aromatic nitrogens is 1. The van der Waals surface area contributed by atoms with E-state index in [9.17, 15) is 13.2 Å². The van der Waals surface area contributed by atoms with Gasteiger partial charge in [0.25, 0.3) is 5.91 Å². The van der Waals surface area contributed by atoms with E-state index in [-0.39, 0.29) is 4.90 Å². The largest absolute Gasteiger partial charge is 0.316 e. The number of carbonyl (C=O) groups is 1. The average Bonchev–Trinajstić information content (AvgIpc) is 2.98. The molecule has 3 rings (SSSR count). The second kappa shape index (κ2) is 7.62. The highest BCUT2D eigenvalue weighted by Gasteiger charge is 2.17. The minimum atomic E-state index is -3.53. The van der Waals surface area contributed by atoms with E-state index in [0.29, 0.717) is 16.9 Å². The molecular weight excluding hydrogens is 394 g/mol. The van der Waals surface area contributed by atoms with Crippen LogP contribution in [0.15, 0.2) is 46.3 Å². The summed E-state index contributed by atoms with van der Waals surface area (Å²) < 4.78 is 28.6. The first-order valence-electron chi connectivity index (χ1n) is 8.87. The second-order valence-corrected chi connectivity index (χ2v) is 9.95. The highest BCUT2D eigenvalue weighted by molar-refractivity contribution is 7.89. The summed E-state index contributed by atoms with van der Waals surface area (Å²) in [7, 11) is -0.584. The van der Waals surface area contributed by atoms with Crippen molar-refractivity contribution in [2.75, 3.05) is 14.1 Å². The van der Waals surface area contributed by atoms with Crippen LogP contribution in [0.25, 0.3) is 10.2 Å². The van der Waals surface area contributed by atoms with Crippen molar-refractivity contribution in [3.8, 4) is 0 Å². The number of benzene rings is 2. The Morgan fingerprint density at radius 1 is 1.14 bits per heavy atom. The Bertz CT molecular complexity index is 1220. The highest BCUT2D eigenvalue weighted by atomic mass is 32.2. The maximum absolute atomic E-state index is 12.7. The molecule has 0 spiro atoms. The number of rotatable bonds is 4. The van der Waals surface area contributed by atoms with E-state index in [4.69, 9.17) is 0 Å². The summed E-state index contributed by atoms with van der Waals surface area (Å²) in [5.74, 6) is -0.392. The van der Waals surface area contributed by atoms with Crippen molar-refractivity contribution in [3.63, 3.8) is 0 Å². The minimum absolute atomic E-state index is 0.144. The van der Waals surface area contributed by atoms with E-state index in [2.05, 4.69) is 24.0 Å². The lowest BCUT2D eigenvalue weighted by molar-refractivity contribution is 0.0997. The third kappa shape index (κ3) is 3.67. The molecule has 0 fully saturated rings. The van der Waals surface area contributed by atoms with E-state index in [1.54, 1.807) is 0 Å². The Morgan fingerprint density at radius 2 is 1.79 bits per heavy atom. The monoisotopic (exact) mass is 417 g/mol. The van der Waals surface area contributed by atoms with Crippen LogP contribution in [0, 0.1) is 13.8 Å². The fraction of sp³-hybridized carbons (Fsp3) is 0.300. The van der Waals surface area contributed by atoms with Crippen LogP contribution in [0.4, 0.5) is 0 Å². The zero-order valence-electron chi connectivity index (χ0n) is 16.6. The molecule has 0 aliphatic rings. The first kappa shape index (κ1) is 20.4. The number of aryl methyl sites for hydroxylation is 3. The maximum atomic E-state index is 12.7. The van der Waals surface area contributed by atoms with Crippen molar-refractivity contribution >= 4 is 37.5 Å². The summed E-state index contributed by atoms with van der Waals surface area (Å²) in [5.41, 5.74) is 3.77. The molecule has 0 aliphatic heterocycles. The summed E-state index contributed by atoms with van der Waals surface area (Å²) in [6.45, 7) is 6.84. The number of fused-ring (bicyclic) bond motifs is 1. The van der Waals surface area contributed by atoms with Crippen LogP contribution in [0.5, 0.6) is 0 Å². The van der Waals surface area contributed by atoms with Gasteiger partial charge in [0, 0.05) is 26.2 Å². The molecule has 0 bridgehead atoms. The Kier molecular flexibility index (Phi) is 5.56. The Balaban J connectivity index is 2.05. The van der Waals surface area contributed by atoms with Crippen molar-refractivity contribution in [1.29, 1.82) is 0 Å². The Morgan fingerprint density at radius 3 is 2.36 bits per heavy atom. The lowest BCUT2D eigenvalue weighted by Gasteiger charge is -2.11. The summed E-state index contributed by atoms with van der Waals surface area (Å²) in [4.78, 5) is 17.8. The van der Waals surface area contributed by atoms with E-state index in [1.165, 1.54) is 55.3 Å². The van der Waals surface area contributed by atoms with Crippen LogP contribution < -0.4 is 4.80 Å². The number of hydrogen-bond donors (Lipinski definition) is 0. The lowest BCUT2D eigenvalue weighted by Crippen LogP contribution is -2.22. The molecule has 6 nitrogen and oxygen atoms in total. The molecule has 0 atom stereocenters. The fourth-order valence-electron chi connectivity index (χ4n) is 3.10. The molecule has 0 saturated carbocycles. The van der Waals surface area contributed by atoms with Gasteiger partial charge in [0.2, 0.25) is 10.0 Å². The fourth-order valence-corrected chi connectivity index (χ4v) is 5.27. The van der Waals surface area contributed by atoms with Gasteiger partial charge in [-0.15, -0.1) is 0 Å². The second-order valence-electron chi connectivity index (χ2n) is 6.79. The lowest BCUT2D eigenvalue weighted by atomic mass is 10.1. The van der Waals surface area contributed by atoms with Gasteiger partial charge in [-0.25, -0.2) is 12.7 Å². The zero-order valence-corrected chi connectivity index (χ0v) is 18.2. The first-order valence-corrected chi connectivity index (χ1v) is 11.1. The van der Waals surface area contributed by atoms with E-state index >= 15 is 0 Å². The molecule has 0 N–H and O–H groups in total. The molecule has 3 aromatic rings. The molecule has 1 amide bonds. The topological polar surface area (TPSA) is 71.7 Å². The van der Waals surface area contributed by atoms with Gasteiger partial charge in [0.05, 0.1) is 15.1 Å². The van der Waals surface area contributed by atoms with Gasteiger partial charge in [-0.1, -0.05) is 17.4 Å². The van der Waals surface area contributed by atoms with Gasteiger partial charge in [0.1, 0.15) is 0 Å². The highest BCUT2D eigenvalue weighted by Crippen LogP contribution is 2.23. The number of carbonyl (C=O) groups excluding carboxylic acids is 1. The van der Waals surface area contributed by atoms with Crippen LogP contribution >= 0.6 is 11.3 Å². The number of nitrogens with zero attached hydrogens (tertiary/aromatic N) is 3. The quantitative estimate of drug-likeness (QED) is 0.654. The minimum Gasteiger partial charge on any atom is -0.316 e. The van der Waals surface area contributed by atoms with Gasteiger partial charge in [0.15, 0.2) is 4.80 Å². The summed E-state index contributed by atoms with van der Waals surface area (Å²) in [6.07, 6.45) is 0. The molecule has 1 heterocycles. The Labute approximate surface area is 168 Å². The van der Waals surface area contributed by atoms with Crippen LogP contribution in [-0.4, -0.2) is 37.3 Å². The van der Waals surface area contributed by atoms with Gasteiger partial charge >= 0.3 is 0 Å². The molecule has 28 heavy (non-hydrogen) atoms. The smallest absolute Gasteiger partial charge is 0.279 e. The van der Waals surface area contributed by atoms with E-state index < -0.39 is 15.9 Å². The molecule has 8 heteroatoms. The average molecular weight is 418 g/mol. The van der Waals surface area contributed by atoms with Crippen molar-refractivity contribution in [2.45, 2.75) is 32.2 Å². The predicted octanol–water partition coefficient (Wildman–Crippen LogP) is 3.33. The third-order valence-corrected chi connectivity index (χ3v) is 7.36. The number of thiazole rings is 1. The maximum Gasteiger partial charge on any atom is 0.279 e. The molecule has 1 aromatic heterocycles. The van der Waals surface area contributed by atoms with Crippen LogP contribution in [-0.2, 0) is 16.6 Å².